The number of carbonyl (C=O) groups is 1. The minimum Gasteiger partial charge on any atom is -0.481 e. The van der Waals surface area contributed by atoms with Crippen LogP contribution in [0.2, 0.25) is 0 Å². The Morgan fingerprint density at radius 2 is 2.17 bits per heavy atom. The van der Waals surface area contributed by atoms with E-state index in [0.717, 1.165) is 12.8 Å². The third-order valence-corrected chi connectivity index (χ3v) is 2.25. The van der Waals surface area contributed by atoms with E-state index >= 15 is 0 Å². The molecule has 1 aliphatic rings. The number of hydrogen-bond acceptors (Lipinski definition) is 2. The van der Waals surface area contributed by atoms with Gasteiger partial charge in [-0.25, -0.2) is 0 Å². The average Bonchev–Trinajstić information content (AvgIpc) is 2.05. The fourth-order valence-corrected chi connectivity index (χ4v) is 1.60. The van der Waals surface area contributed by atoms with Crippen LogP contribution < -0.4 is 0 Å². The molecular formula is C7H11N3O2. The SMILES string of the molecule is [N-]=[N+]=N[C@H]1CCCC[C@H]1C(=O)O. The number of aliphatic carboxylic acids is 1. The Bertz CT molecular complexity index is 213. The summed E-state index contributed by atoms with van der Waals surface area (Å²) in [6.07, 6.45) is 3.24. The summed E-state index contributed by atoms with van der Waals surface area (Å²) in [6.45, 7) is 0. The molecular weight excluding hydrogens is 158 g/mol. The minimum absolute atomic E-state index is 0.332. The van der Waals surface area contributed by atoms with E-state index in [2.05, 4.69) is 10.0 Å². The third kappa shape index (κ3) is 1.89. The second kappa shape index (κ2) is 3.97. The molecule has 0 spiro atoms. The lowest BCUT2D eigenvalue weighted by Crippen LogP contribution is -2.29. The van der Waals surface area contributed by atoms with E-state index in [-0.39, 0.29) is 6.04 Å². The van der Waals surface area contributed by atoms with Crippen LogP contribution in [0.15, 0.2) is 5.11 Å². The standard InChI is InChI=1S/C7H11N3O2/c8-10-9-6-4-2-1-3-5(6)7(11)12/h5-6H,1-4H2,(H,11,12)/t5-,6+/m1/s1. The van der Waals surface area contributed by atoms with Crippen molar-refractivity contribution < 1.29 is 9.90 Å². The molecule has 0 amide bonds. The van der Waals surface area contributed by atoms with Gasteiger partial charge in [0.15, 0.2) is 0 Å². The summed E-state index contributed by atoms with van der Waals surface area (Å²) < 4.78 is 0. The zero-order valence-electron chi connectivity index (χ0n) is 6.68. The molecule has 66 valence electrons. The van der Waals surface area contributed by atoms with Crippen molar-refractivity contribution in [2.24, 2.45) is 11.0 Å². The largest absolute Gasteiger partial charge is 0.481 e. The molecule has 0 aromatic carbocycles. The number of carboxylic acid groups (broad SMARTS) is 1. The molecule has 2 atom stereocenters. The van der Waals surface area contributed by atoms with E-state index in [9.17, 15) is 4.79 Å². The molecule has 0 heterocycles. The Morgan fingerprint density at radius 3 is 2.75 bits per heavy atom. The summed E-state index contributed by atoms with van der Waals surface area (Å²) in [5, 5.41) is 12.2. The Hall–Kier alpha value is -1.22. The van der Waals surface area contributed by atoms with Crippen molar-refractivity contribution in [2.45, 2.75) is 31.7 Å². The Labute approximate surface area is 70.0 Å². The van der Waals surface area contributed by atoms with Crippen LogP contribution in [-0.4, -0.2) is 17.1 Å². The summed E-state index contributed by atoms with van der Waals surface area (Å²) in [5.41, 5.74) is 8.18. The van der Waals surface area contributed by atoms with E-state index in [1.54, 1.807) is 0 Å². The van der Waals surface area contributed by atoms with E-state index in [4.69, 9.17) is 10.6 Å². The van der Waals surface area contributed by atoms with Gasteiger partial charge in [0.05, 0.1) is 12.0 Å². The van der Waals surface area contributed by atoms with Crippen molar-refractivity contribution in [3.05, 3.63) is 10.4 Å². The summed E-state index contributed by atoms with van der Waals surface area (Å²) >= 11 is 0. The van der Waals surface area contributed by atoms with Crippen molar-refractivity contribution in [3.63, 3.8) is 0 Å². The summed E-state index contributed by atoms with van der Waals surface area (Å²) in [5.74, 6) is -1.30. The maximum atomic E-state index is 10.7. The Balaban J connectivity index is 2.66. The number of nitrogens with zero attached hydrogens (tertiary/aromatic N) is 3. The predicted octanol–water partition coefficient (Wildman–Crippen LogP) is 1.94. The van der Waals surface area contributed by atoms with Crippen LogP contribution in [0.4, 0.5) is 0 Å². The van der Waals surface area contributed by atoms with Gasteiger partial charge < -0.3 is 5.11 Å². The second-order valence-electron chi connectivity index (χ2n) is 3.00. The summed E-state index contributed by atoms with van der Waals surface area (Å²) in [7, 11) is 0. The lowest BCUT2D eigenvalue weighted by molar-refractivity contribution is -0.143. The quantitative estimate of drug-likeness (QED) is 0.389. The molecule has 0 aromatic heterocycles. The van der Waals surface area contributed by atoms with Gasteiger partial charge >= 0.3 is 5.97 Å². The molecule has 1 aliphatic carbocycles. The highest BCUT2D eigenvalue weighted by molar-refractivity contribution is 5.71. The monoisotopic (exact) mass is 169 g/mol. The van der Waals surface area contributed by atoms with Crippen LogP contribution >= 0.6 is 0 Å². The average molecular weight is 169 g/mol. The molecule has 1 rings (SSSR count). The van der Waals surface area contributed by atoms with E-state index in [1.165, 1.54) is 0 Å². The van der Waals surface area contributed by atoms with Crippen molar-refractivity contribution >= 4 is 5.97 Å². The molecule has 0 unspecified atom stereocenters. The molecule has 0 saturated heterocycles. The Kier molecular flexibility index (Phi) is 2.94. The van der Waals surface area contributed by atoms with Gasteiger partial charge in [-0.1, -0.05) is 18.0 Å². The molecule has 1 saturated carbocycles. The number of carboxylic acids is 1. The van der Waals surface area contributed by atoms with Gasteiger partial charge in [-0.15, -0.1) is 0 Å². The van der Waals surface area contributed by atoms with Crippen molar-refractivity contribution in [2.75, 3.05) is 0 Å². The van der Waals surface area contributed by atoms with Crippen LogP contribution in [-0.2, 0) is 4.79 Å². The maximum absolute atomic E-state index is 10.7. The molecule has 5 heteroatoms. The molecule has 5 nitrogen and oxygen atoms in total. The van der Waals surface area contributed by atoms with Gasteiger partial charge in [-0.05, 0) is 18.4 Å². The lowest BCUT2D eigenvalue weighted by Gasteiger charge is -2.24. The first-order valence-electron chi connectivity index (χ1n) is 4.02. The second-order valence-corrected chi connectivity index (χ2v) is 3.00. The fourth-order valence-electron chi connectivity index (χ4n) is 1.60. The third-order valence-electron chi connectivity index (χ3n) is 2.25. The maximum Gasteiger partial charge on any atom is 0.306 e. The molecule has 12 heavy (non-hydrogen) atoms. The molecule has 0 aromatic rings. The van der Waals surface area contributed by atoms with E-state index in [0.29, 0.717) is 12.8 Å². The molecule has 0 radical (unpaired) electrons. The van der Waals surface area contributed by atoms with E-state index in [1.807, 2.05) is 0 Å². The van der Waals surface area contributed by atoms with Crippen molar-refractivity contribution in [1.29, 1.82) is 0 Å². The van der Waals surface area contributed by atoms with Crippen LogP contribution in [0.25, 0.3) is 10.4 Å². The van der Waals surface area contributed by atoms with Gasteiger partial charge in [-0.2, -0.15) is 0 Å². The van der Waals surface area contributed by atoms with Gasteiger partial charge in [0.25, 0.3) is 0 Å². The number of hydrogen-bond donors (Lipinski definition) is 1. The zero-order valence-corrected chi connectivity index (χ0v) is 6.68. The zero-order chi connectivity index (χ0) is 8.97. The van der Waals surface area contributed by atoms with Crippen molar-refractivity contribution in [1.82, 2.24) is 0 Å². The first-order valence-corrected chi connectivity index (χ1v) is 4.02. The van der Waals surface area contributed by atoms with Crippen LogP contribution in [0.5, 0.6) is 0 Å². The fraction of sp³-hybridized carbons (Fsp3) is 0.857. The number of azide groups is 1. The molecule has 0 bridgehead atoms. The summed E-state index contributed by atoms with van der Waals surface area (Å²) in [4.78, 5) is 13.3. The van der Waals surface area contributed by atoms with E-state index < -0.39 is 11.9 Å². The van der Waals surface area contributed by atoms with Crippen molar-refractivity contribution in [3.8, 4) is 0 Å². The smallest absolute Gasteiger partial charge is 0.306 e. The molecule has 1 fully saturated rings. The van der Waals surface area contributed by atoms with Gasteiger partial charge in [0.2, 0.25) is 0 Å². The van der Waals surface area contributed by atoms with Gasteiger partial charge in [-0.3, -0.25) is 4.79 Å². The minimum atomic E-state index is -0.841. The molecule has 1 N–H and O–H groups in total. The van der Waals surface area contributed by atoms with Gasteiger partial charge in [0, 0.05) is 4.91 Å². The first-order chi connectivity index (χ1) is 5.75. The topological polar surface area (TPSA) is 86.1 Å². The highest BCUT2D eigenvalue weighted by Crippen LogP contribution is 2.27. The predicted molar refractivity (Wildman–Crippen MR) is 42.5 cm³/mol. The van der Waals surface area contributed by atoms with Crippen LogP contribution in [0, 0.1) is 5.92 Å². The highest BCUT2D eigenvalue weighted by Gasteiger charge is 2.29. The van der Waals surface area contributed by atoms with Crippen LogP contribution in [0.3, 0.4) is 0 Å². The normalized spacial score (nSPS) is 29.0. The molecule has 0 aliphatic heterocycles. The number of rotatable bonds is 2. The van der Waals surface area contributed by atoms with Gasteiger partial charge in [0.1, 0.15) is 0 Å². The lowest BCUT2D eigenvalue weighted by atomic mass is 9.85. The highest BCUT2D eigenvalue weighted by atomic mass is 16.4. The first kappa shape index (κ1) is 8.87. The Morgan fingerprint density at radius 1 is 1.50 bits per heavy atom. The summed E-state index contributed by atoms with van der Waals surface area (Å²) in [6, 6.07) is -0.332. The van der Waals surface area contributed by atoms with Crippen LogP contribution in [0.1, 0.15) is 25.7 Å².